The van der Waals surface area contributed by atoms with Gasteiger partial charge in [-0.2, -0.15) is 0 Å². The quantitative estimate of drug-likeness (QED) is 0.749. The van der Waals surface area contributed by atoms with Crippen LogP contribution in [0.4, 0.5) is 0 Å². The highest BCUT2D eigenvalue weighted by molar-refractivity contribution is 9.11. The van der Waals surface area contributed by atoms with Crippen LogP contribution in [0.2, 0.25) is 0 Å². The van der Waals surface area contributed by atoms with E-state index in [4.69, 9.17) is 9.47 Å². The van der Waals surface area contributed by atoms with Crippen molar-refractivity contribution in [2.45, 2.75) is 26.4 Å². The van der Waals surface area contributed by atoms with Gasteiger partial charge in [0.05, 0.1) is 15.6 Å². The second kappa shape index (κ2) is 7.87. The van der Waals surface area contributed by atoms with Crippen LogP contribution in [0.25, 0.3) is 0 Å². The van der Waals surface area contributed by atoms with Crippen molar-refractivity contribution in [2.75, 3.05) is 13.2 Å². The molecule has 0 heterocycles. The third-order valence-corrected chi connectivity index (χ3v) is 3.62. The van der Waals surface area contributed by atoms with Gasteiger partial charge in [0.25, 0.3) is 0 Å². The number of benzene rings is 1. The molecule has 1 aromatic carbocycles. The minimum absolute atomic E-state index is 0.132. The number of ether oxygens (including phenoxy) is 2. The van der Waals surface area contributed by atoms with Crippen molar-refractivity contribution >= 4 is 37.8 Å². The minimum Gasteiger partial charge on any atom is -0.506 e. The van der Waals surface area contributed by atoms with Gasteiger partial charge in [0.15, 0.2) is 6.10 Å². The number of rotatable bonds is 6. The summed E-state index contributed by atoms with van der Waals surface area (Å²) in [5.74, 6) is -0.238. The molecule has 6 heteroatoms. The normalized spacial score (nSPS) is 12.2. The van der Waals surface area contributed by atoms with E-state index in [9.17, 15) is 9.90 Å². The Balaban J connectivity index is 2.87. The van der Waals surface area contributed by atoms with Gasteiger partial charge < -0.3 is 14.6 Å². The first-order chi connectivity index (χ1) is 8.99. The summed E-state index contributed by atoms with van der Waals surface area (Å²) in [5, 5.41) is 9.65. The molecule has 1 aromatic rings. The molecule has 1 N–H and O–H groups in total. The Bertz CT molecular complexity index is 425. The predicted molar refractivity (Wildman–Crippen MR) is 79.3 cm³/mol. The molecule has 0 aliphatic rings. The number of phenols is 1. The summed E-state index contributed by atoms with van der Waals surface area (Å²) < 4.78 is 11.5. The van der Waals surface area contributed by atoms with Crippen LogP contribution in [0.15, 0.2) is 21.1 Å². The van der Waals surface area contributed by atoms with Crippen molar-refractivity contribution in [2.24, 2.45) is 0 Å². The summed E-state index contributed by atoms with van der Waals surface area (Å²) in [6.07, 6.45) is -0.238. The van der Waals surface area contributed by atoms with Crippen LogP contribution in [0, 0.1) is 0 Å². The van der Waals surface area contributed by atoms with Gasteiger partial charge in [-0.1, -0.05) is 0 Å². The van der Waals surface area contributed by atoms with Gasteiger partial charge in [-0.05, 0) is 63.4 Å². The molecular formula is C13H16Br2O4. The number of hydrogen-bond acceptors (Lipinski definition) is 4. The van der Waals surface area contributed by atoms with E-state index in [1.807, 2.05) is 6.92 Å². The molecule has 0 spiro atoms. The van der Waals surface area contributed by atoms with Gasteiger partial charge in [0, 0.05) is 13.0 Å². The van der Waals surface area contributed by atoms with Crippen molar-refractivity contribution < 1.29 is 19.4 Å². The highest BCUT2D eigenvalue weighted by Crippen LogP contribution is 2.33. The Morgan fingerprint density at radius 1 is 1.26 bits per heavy atom. The van der Waals surface area contributed by atoms with Gasteiger partial charge in [-0.15, -0.1) is 0 Å². The molecular weight excluding hydrogens is 380 g/mol. The number of esters is 1. The van der Waals surface area contributed by atoms with Gasteiger partial charge in [0.1, 0.15) is 5.75 Å². The Kier molecular flexibility index (Phi) is 6.82. The third-order valence-electron chi connectivity index (χ3n) is 2.42. The summed E-state index contributed by atoms with van der Waals surface area (Å²) in [7, 11) is 0. The molecule has 106 valence electrons. The van der Waals surface area contributed by atoms with Crippen LogP contribution in [0.1, 0.15) is 19.4 Å². The first-order valence-electron chi connectivity index (χ1n) is 5.94. The summed E-state index contributed by atoms with van der Waals surface area (Å²) in [6, 6.07) is 3.51. The van der Waals surface area contributed by atoms with E-state index in [0.717, 1.165) is 5.56 Å². The molecule has 1 atom stereocenters. The third kappa shape index (κ3) is 4.78. The average molecular weight is 396 g/mol. The zero-order chi connectivity index (χ0) is 14.4. The monoisotopic (exact) mass is 394 g/mol. The zero-order valence-corrected chi connectivity index (χ0v) is 14.0. The molecule has 0 saturated heterocycles. The summed E-state index contributed by atoms with van der Waals surface area (Å²) in [4.78, 5) is 11.8. The summed E-state index contributed by atoms with van der Waals surface area (Å²) >= 11 is 6.51. The van der Waals surface area contributed by atoms with Gasteiger partial charge in [-0.3, -0.25) is 0 Å². The van der Waals surface area contributed by atoms with Crippen molar-refractivity contribution in [1.29, 1.82) is 0 Å². The Morgan fingerprint density at radius 3 is 2.32 bits per heavy atom. The lowest BCUT2D eigenvalue weighted by Crippen LogP contribution is -2.29. The smallest absolute Gasteiger partial charge is 0.335 e. The Labute approximate surface area is 129 Å². The minimum atomic E-state index is -0.631. The summed E-state index contributed by atoms with van der Waals surface area (Å²) in [5.41, 5.74) is 0.864. The maximum Gasteiger partial charge on any atom is 0.335 e. The van der Waals surface area contributed by atoms with Crippen LogP contribution in [-0.2, 0) is 20.7 Å². The standard InChI is InChI=1S/C13H16Br2O4/c1-3-18-11(13(17)19-4-2)7-8-5-9(14)12(16)10(15)6-8/h5-6,11,16H,3-4,7H2,1-2H3. The van der Waals surface area contributed by atoms with Crippen molar-refractivity contribution in [3.8, 4) is 5.75 Å². The molecule has 1 rings (SSSR count). The molecule has 0 saturated carbocycles. The number of phenolic OH excluding ortho intramolecular Hbond substituents is 1. The fourth-order valence-electron chi connectivity index (χ4n) is 1.60. The highest BCUT2D eigenvalue weighted by Gasteiger charge is 2.21. The van der Waals surface area contributed by atoms with E-state index in [1.54, 1.807) is 19.1 Å². The molecule has 0 aliphatic heterocycles. The fourth-order valence-corrected chi connectivity index (χ4v) is 2.88. The topological polar surface area (TPSA) is 55.8 Å². The number of halogens is 2. The maximum absolute atomic E-state index is 11.8. The average Bonchev–Trinajstić information content (AvgIpc) is 2.35. The fraction of sp³-hybridized carbons (Fsp3) is 0.462. The van der Waals surface area contributed by atoms with Crippen molar-refractivity contribution in [1.82, 2.24) is 0 Å². The van der Waals surface area contributed by atoms with Crippen LogP contribution < -0.4 is 0 Å². The second-order valence-corrected chi connectivity index (χ2v) is 5.52. The second-order valence-electron chi connectivity index (χ2n) is 3.81. The first-order valence-corrected chi connectivity index (χ1v) is 7.53. The molecule has 0 radical (unpaired) electrons. The molecule has 1 unspecified atom stereocenters. The molecule has 0 amide bonds. The molecule has 4 nitrogen and oxygen atoms in total. The lowest BCUT2D eigenvalue weighted by atomic mass is 10.1. The zero-order valence-electron chi connectivity index (χ0n) is 10.8. The van der Waals surface area contributed by atoms with Crippen LogP contribution in [0.5, 0.6) is 5.75 Å². The molecule has 0 aromatic heterocycles. The van der Waals surface area contributed by atoms with E-state index >= 15 is 0 Å². The van der Waals surface area contributed by atoms with E-state index < -0.39 is 6.10 Å². The number of carbonyl (C=O) groups is 1. The number of carbonyl (C=O) groups excluding carboxylic acids is 1. The first kappa shape index (κ1) is 16.5. The molecule has 0 aliphatic carbocycles. The molecule has 0 fully saturated rings. The van der Waals surface area contributed by atoms with Crippen LogP contribution in [-0.4, -0.2) is 30.4 Å². The van der Waals surface area contributed by atoms with E-state index in [-0.39, 0.29) is 11.7 Å². The lowest BCUT2D eigenvalue weighted by Gasteiger charge is -2.16. The Hall–Kier alpha value is -0.590. The maximum atomic E-state index is 11.8. The van der Waals surface area contributed by atoms with Gasteiger partial charge in [0.2, 0.25) is 0 Å². The molecule has 0 bridgehead atoms. The van der Waals surface area contributed by atoms with E-state index in [0.29, 0.717) is 28.6 Å². The van der Waals surface area contributed by atoms with E-state index in [1.165, 1.54) is 0 Å². The van der Waals surface area contributed by atoms with E-state index in [2.05, 4.69) is 31.9 Å². The van der Waals surface area contributed by atoms with Crippen molar-refractivity contribution in [3.05, 3.63) is 26.6 Å². The van der Waals surface area contributed by atoms with Gasteiger partial charge >= 0.3 is 5.97 Å². The number of aromatic hydroxyl groups is 1. The van der Waals surface area contributed by atoms with Crippen LogP contribution in [0.3, 0.4) is 0 Å². The summed E-state index contributed by atoms with van der Waals surface area (Å²) in [6.45, 7) is 4.35. The lowest BCUT2D eigenvalue weighted by molar-refractivity contribution is -0.156. The number of hydrogen-bond donors (Lipinski definition) is 1. The predicted octanol–water partition coefficient (Wildman–Crippen LogP) is 3.43. The Morgan fingerprint density at radius 2 is 1.84 bits per heavy atom. The molecule has 19 heavy (non-hydrogen) atoms. The van der Waals surface area contributed by atoms with Gasteiger partial charge in [-0.25, -0.2) is 4.79 Å². The van der Waals surface area contributed by atoms with Crippen molar-refractivity contribution in [3.63, 3.8) is 0 Å². The van der Waals surface area contributed by atoms with Crippen LogP contribution >= 0.6 is 31.9 Å². The highest BCUT2D eigenvalue weighted by atomic mass is 79.9. The largest absolute Gasteiger partial charge is 0.506 e. The SMILES string of the molecule is CCOC(=O)C(Cc1cc(Br)c(O)c(Br)c1)OCC.